The number of nitrogens with one attached hydrogen (secondary N) is 1. The molecule has 0 spiro atoms. The van der Waals surface area contributed by atoms with Crippen LogP contribution in [0.1, 0.15) is 33.6 Å². The van der Waals surface area contributed by atoms with Crippen LogP contribution in [-0.4, -0.2) is 37.1 Å². The van der Waals surface area contributed by atoms with Gasteiger partial charge in [0.15, 0.2) is 0 Å². The van der Waals surface area contributed by atoms with Gasteiger partial charge in [0.2, 0.25) is 0 Å². The molecule has 3 nitrogen and oxygen atoms in total. The van der Waals surface area contributed by atoms with Crippen LogP contribution < -0.4 is 5.32 Å². The zero-order chi connectivity index (χ0) is 12.2. The maximum absolute atomic E-state index is 9.46. The Labute approximate surface area is 99.8 Å². The van der Waals surface area contributed by atoms with E-state index in [2.05, 4.69) is 44.1 Å². The van der Waals surface area contributed by atoms with Gasteiger partial charge in [-0.25, -0.2) is 0 Å². The second-order valence-electron chi connectivity index (χ2n) is 5.48. The van der Waals surface area contributed by atoms with E-state index in [1.54, 1.807) is 0 Å². The minimum absolute atomic E-state index is 0.307. The molecule has 0 aliphatic heterocycles. The van der Waals surface area contributed by atoms with Gasteiger partial charge < -0.3 is 4.90 Å². The first-order chi connectivity index (χ1) is 7.54. The highest BCUT2D eigenvalue weighted by atomic mass is 15.2. The van der Waals surface area contributed by atoms with Gasteiger partial charge in [0.05, 0.1) is 6.07 Å². The summed E-state index contributed by atoms with van der Waals surface area (Å²) in [6.45, 7) is 9.29. The lowest BCUT2D eigenvalue weighted by molar-refractivity contribution is 0.213. The van der Waals surface area contributed by atoms with Gasteiger partial charge in [0.1, 0.15) is 5.54 Å². The molecular weight excluding hydrogens is 198 g/mol. The average Bonchev–Trinajstić information content (AvgIpc) is 2.98. The Morgan fingerprint density at radius 2 is 2.12 bits per heavy atom. The third kappa shape index (κ3) is 3.47. The molecule has 0 radical (unpaired) electrons. The van der Waals surface area contributed by atoms with Crippen molar-refractivity contribution < 1.29 is 0 Å². The van der Waals surface area contributed by atoms with Crippen molar-refractivity contribution >= 4 is 0 Å². The van der Waals surface area contributed by atoms with Crippen LogP contribution in [0.3, 0.4) is 0 Å². The van der Waals surface area contributed by atoms with Crippen LogP contribution in [0.15, 0.2) is 0 Å². The van der Waals surface area contributed by atoms with Gasteiger partial charge in [0, 0.05) is 13.1 Å². The van der Waals surface area contributed by atoms with E-state index in [9.17, 15) is 5.26 Å². The molecule has 16 heavy (non-hydrogen) atoms. The molecule has 1 aliphatic carbocycles. The van der Waals surface area contributed by atoms with Crippen molar-refractivity contribution in [2.45, 2.75) is 39.2 Å². The number of nitriles is 1. The summed E-state index contributed by atoms with van der Waals surface area (Å²) in [6.07, 6.45) is 2.41. The first-order valence-corrected chi connectivity index (χ1v) is 6.39. The number of likely N-dealkylation sites (N-methyl/N-ethyl adjacent to an activating group) is 2. The minimum Gasteiger partial charge on any atom is -0.303 e. The lowest BCUT2D eigenvalue weighted by atomic mass is 9.94. The molecule has 1 N–H and O–H groups in total. The Morgan fingerprint density at radius 3 is 2.50 bits per heavy atom. The summed E-state index contributed by atoms with van der Waals surface area (Å²) in [5, 5.41) is 12.9. The smallest absolute Gasteiger partial charge is 0.122 e. The topological polar surface area (TPSA) is 39.1 Å². The van der Waals surface area contributed by atoms with E-state index in [4.69, 9.17) is 0 Å². The molecule has 0 saturated heterocycles. The van der Waals surface area contributed by atoms with Gasteiger partial charge in [-0.2, -0.15) is 5.26 Å². The third-order valence-corrected chi connectivity index (χ3v) is 3.16. The molecule has 1 saturated carbocycles. The number of hydrogen-bond acceptors (Lipinski definition) is 3. The van der Waals surface area contributed by atoms with Gasteiger partial charge in [0.25, 0.3) is 0 Å². The maximum atomic E-state index is 9.46. The van der Waals surface area contributed by atoms with E-state index in [0.29, 0.717) is 11.8 Å². The monoisotopic (exact) mass is 223 g/mol. The van der Waals surface area contributed by atoms with Crippen molar-refractivity contribution in [3.63, 3.8) is 0 Å². The molecule has 0 heterocycles. The molecule has 0 aromatic rings. The highest BCUT2D eigenvalue weighted by Crippen LogP contribution is 2.39. The third-order valence-electron chi connectivity index (χ3n) is 3.16. The summed E-state index contributed by atoms with van der Waals surface area (Å²) in [7, 11) is 2.12. The highest BCUT2D eigenvalue weighted by Gasteiger charge is 2.45. The van der Waals surface area contributed by atoms with Crippen molar-refractivity contribution in [3.8, 4) is 6.07 Å². The van der Waals surface area contributed by atoms with Crippen LogP contribution in [0.2, 0.25) is 0 Å². The summed E-state index contributed by atoms with van der Waals surface area (Å²) in [5.74, 6) is 1.22. The quantitative estimate of drug-likeness (QED) is 0.716. The zero-order valence-electron chi connectivity index (χ0n) is 11.1. The zero-order valence-corrected chi connectivity index (χ0v) is 11.1. The number of rotatable bonds is 7. The van der Waals surface area contributed by atoms with E-state index in [-0.39, 0.29) is 5.54 Å². The highest BCUT2D eigenvalue weighted by molar-refractivity contribution is 5.16. The normalized spacial score (nSPS) is 19.8. The standard InChI is InChI=1S/C13H25N3/c1-5-15-13(9-14,12-6-7-12)10-16(4)8-11(2)3/h11-12,15H,5-8,10H2,1-4H3. The fourth-order valence-corrected chi connectivity index (χ4v) is 2.50. The van der Waals surface area contributed by atoms with E-state index < -0.39 is 0 Å². The van der Waals surface area contributed by atoms with Gasteiger partial charge in [-0.15, -0.1) is 0 Å². The summed E-state index contributed by atoms with van der Waals surface area (Å²) in [5.41, 5.74) is -0.307. The van der Waals surface area contributed by atoms with Gasteiger partial charge in [-0.1, -0.05) is 20.8 Å². The van der Waals surface area contributed by atoms with Crippen molar-refractivity contribution in [1.29, 1.82) is 5.26 Å². The molecule has 1 rings (SSSR count). The minimum atomic E-state index is -0.307. The molecule has 0 amide bonds. The second-order valence-corrected chi connectivity index (χ2v) is 5.48. The fraction of sp³-hybridized carbons (Fsp3) is 0.923. The molecule has 0 aromatic carbocycles. The maximum Gasteiger partial charge on any atom is 0.122 e. The SMILES string of the molecule is CCNC(C#N)(CN(C)CC(C)C)C1CC1. The summed E-state index contributed by atoms with van der Waals surface area (Å²) in [4.78, 5) is 2.29. The Morgan fingerprint density at radius 1 is 1.50 bits per heavy atom. The molecule has 3 heteroatoms. The van der Waals surface area contributed by atoms with Crippen LogP contribution in [0.5, 0.6) is 0 Å². The van der Waals surface area contributed by atoms with Gasteiger partial charge in [-0.05, 0) is 38.3 Å². The summed E-state index contributed by atoms with van der Waals surface area (Å²) < 4.78 is 0. The lowest BCUT2D eigenvalue weighted by Gasteiger charge is -2.33. The van der Waals surface area contributed by atoms with Crippen molar-refractivity contribution in [1.82, 2.24) is 10.2 Å². The predicted molar refractivity (Wildman–Crippen MR) is 67.1 cm³/mol. The van der Waals surface area contributed by atoms with E-state index in [1.165, 1.54) is 12.8 Å². The van der Waals surface area contributed by atoms with E-state index >= 15 is 0 Å². The second kappa shape index (κ2) is 5.65. The molecular formula is C13H25N3. The van der Waals surface area contributed by atoms with Gasteiger partial charge >= 0.3 is 0 Å². The average molecular weight is 223 g/mol. The Hall–Kier alpha value is -0.590. The predicted octanol–water partition coefficient (Wildman–Crippen LogP) is 1.86. The molecule has 92 valence electrons. The summed E-state index contributed by atoms with van der Waals surface area (Å²) >= 11 is 0. The van der Waals surface area contributed by atoms with Crippen molar-refractivity contribution in [2.75, 3.05) is 26.7 Å². The van der Waals surface area contributed by atoms with Crippen LogP contribution >= 0.6 is 0 Å². The Bertz CT molecular complexity index is 252. The van der Waals surface area contributed by atoms with Crippen LogP contribution in [-0.2, 0) is 0 Å². The lowest BCUT2D eigenvalue weighted by Crippen LogP contribution is -2.54. The largest absolute Gasteiger partial charge is 0.303 e. The van der Waals surface area contributed by atoms with Crippen LogP contribution in [0.4, 0.5) is 0 Å². The molecule has 1 aliphatic rings. The first-order valence-electron chi connectivity index (χ1n) is 6.39. The fourth-order valence-electron chi connectivity index (χ4n) is 2.50. The number of nitrogens with zero attached hydrogens (tertiary/aromatic N) is 2. The molecule has 1 atom stereocenters. The van der Waals surface area contributed by atoms with E-state index in [1.807, 2.05) is 0 Å². The van der Waals surface area contributed by atoms with Crippen molar-refractivity contribution in [3.05, 3.63) is 0 Å². The molecule has 0 aromatic heterocycles. The van der Waals surface area contributed by atoms with E-state index in [0.717, 1.165) is 19.6 Å². The Balaban J connectivity index is 2.59. The van der Waals surface area contributed by atoms with Gasteiger partial charge in [-0.3, -0.25) is 5.32 Å². The van der Waals surface area contributed by atoms with Crippen LogP contribution in [0.25, 0.3) is 0 Å². The number of hydrogen-bond donors (Lipinski definition) is 1. The molecule has 1 unspecified atom stereocenters. The Kier molecular flexibility index (Phi) is 4.76. The first kappa shape index (κ1) is 13.5. The van der Waals surface area contributed by atoms with Crippen LogP contribution in [0, 0.1) is 23.2 Å². The molecule has 0 bridgehead atoms. The molecule has 1 fully saturated rings. The summed E-state index contributed by atoms with van der Waals surface area (Å²) in [6, 6.07) is 2.53. The van der Waals surface area contributed by atoms with Crippen molar-refractivity contribution in [2.24, 2.45) is 11.8 Å².